The van der Waals surface area contributed by atoms with Gasteiger partial charge < -0.3 is 20.1 Å². The Morgan fingerprint density at radius 1 is 1.41 bits per heavy atom. The number of hydrogen-bond acceptors (Lipinski definition) is 7. The summed E-state index contributed by atoms with van der Waals surface area (Å²) in [7, 11) is -4.22. The number of carboxylic acids is 1. The molecule has 0 radical (unpaired) electrons. The molecule has 1 aromatic heterocycles. The maximum atomic E-state index is 13.2. The molecule has 0 saturated carbocycles. The number of pyridine rings is 1. The normalized spacial score (nSPS) is 28.6. The number of hydrogen-bond donors (Lipinski definition) is 2. The van der Waals surface area contributed by atoms with Gasteiger partial charge in [0.05, 0.1) is 11.3 Å². The molecule has 0 spiro atoms. The Bertz CT molecular complexity index is 976. The van der Waals surface area contributed by atoms with E-state index in [2.05, 4.69) is 10.3 Å². The van der Waals surface area contributed by atoms with Crippen molar-refractivity contribution in [3.05, 3.63) is 35.7 Å². The second-order valence-electron chi connectivity index (χ2n) is 7.02. The fourth-order valence-electron chi connectivity index (χ4n) is 3.50. The van der Waals surface area contributed by atoms with Gasteiger partial charge in [0.15, 0.2) is 21.3 Å². The fourth-order valence-corrected chi connectivity index (χ4v) is 5.78. The van der Waals surface area contributed by atoms with Gasteiger partial charge in [0.1, 0.15) is 11.4 Å². The van der Waals surface area contributed by atoms with Gasteiger partial charge in [-0.1, -0.05) is 13.0 Å². The first-order chi connectivity index (χ1) is 13.6. The van der Waals surface area contributed by atoms with Gasteiger partial charge in [-0.25, -0.2) is 18.0 Å². The van der Waals surface area contributed by atoms with E-state index in [1.54, 1.807) is 18.2 Å². The molecule has 0 aromatic carbocycles. The van der Waals surface area contributed by atoms with Crippen LogP contribution in [0.3, 0.4) is 0 Å². The standard InChI is InChI=1S/C18H21N3O7S/c1-3-7-20-17(25)28-10-18(2)13(16(23)24)21-14(22)12(15(21)29(18,26)27)9-11-6-4-5-8-19-11/h4-6,8-9,13,15H,3,7,10H2,1-2H3,(H,20,25)(H,23,24)/b12-9-/t13-,15+,18-/m0/s1. The van der Waals surface area contributed by atoms with Gasteiger partial charge in [-0.3, -0.25) is 9.78 Å². The number of amides is 2. The predicted octanol–water partition coefficient (Wildman–Crippen LogP) is 0.410. The smallest absolute Gasteiger partial charge is 0.407 e. The zero-order valence-corrected chi connectivity index (χ0v) is 16.7. The van der Waals surface area contributed by atoms with Crippen LogP contribution in [0.25, 0.3) is 6.08 Å². The average Bonchev–Trinajstić information content (AvgIpc) is 2.85. The summed E-state index contributed by atoms with van der Waals surface area (Å²) in [6.07, 6.45) is 2.62. The van der Waals surface area contributed by atoms with E-state index in [-0.39, 0.29) is 5.57 Å². The third-order valence-corrected chi connectivity index (χ3v) is 7.74. The predicted molar refractivity (Wildman–Crippen MR) is 101 cm³/mol. The molecule has 10 nitrogen and oxygen atoms in total. The monoisotopic (exact) mass is 423 g/mol. The summed E-state index contributed by atoms with van der Waals surface area (Å²) >= 11 is 0. The minimum Gasteiger partial charge on any atom is -0.480 e. The average molecular weight is 423 g/mol. The molecule has 0 bridgehead atoms. The molecule has 3 rings (SSSR count). The lowest BCUT2D eigenvalue weighted by atomic mass is 9.94. The number of sulfone groups is 1. The number of nitrogens with zero attached hydrogens (tertiary/aromatic N) is 2. The van der Waals surface area contributed by atoms with Gasteiger partial charge in [-0.05, 0) is 31.6 Å². The van der Waals surface area contributed by atoms with E-state index in [4.69, 9.17) is 4.74 Å². The van der Waals surface area contributed by atoms with E-state index in [1.165, 1.54) is 19.2 Å². The molecule has 2 saturated heterocycles. The summed E-state index contributed by atoms with van der Waals surface area (Å²) in [4.78, 5) is 41.1. The summed E-state index contributed by atoms with van der Waals surface area (Å²) in [6.45, 7) is 2.64. The van der Waals surface area contributed by atoms with Gasteiger partial charge in [0.2, 0.25) is 0 Å². The molecule has 3 atom stereocenters. The molecule has 2 amide bonds. The van der Waals surface area contributed by atoms with E-state index in [1.807, 2.05) is 6.92 Å². The van der Waals surface area contributed by atoms with Crippen LogP contribution in [0.4, 0.5) is 4.79 Å². The van der Waals surface area contributed by atoms with Gasteiger partial charge in [0, 0.05) is 12.7 Å². The first-order valence-corrected chi connectivity index (χ1v) is 10.5. The number of nitrogens with one attached hydrogen (secondary N) is 1. The molecule has 2 aliphatic heterocycles. The molecular weight excluding hydrogens is 402 g/mol. The first-order valence-electron chi connectivity index (χ1n) is 8.97. The Morgan fingerprint density at radius 2 is 2.14 bits per heavy atom. The number of carbonyl (C=O) groups is 3. The van der Waals surface area contributed by atoms with E-state index in [9.17, 15) is 27.9 Å². The highest BCUT2D eigenvalue weighted by atomic mass is 32.2. The van der Waals surface area contributed by atoms with Crippen LogP contribution < -0.4 is 5.32 Å². The molecule has 29 heavy (non-hydrogen) atoms. The molecule has 11 heteroatoms. The summed E-state index contributed by atoms with van der Waals surface area (Å²) in [5.41, 5.74) is 0.315. The minimum absolute atomic E-state index is 0.0610. The number of fused-ring (bicyclic) bond motifs is 1. The third kappa shape index (κ3) is 3.24. The number of carboxylic acid groups (broad SMARTS) is 1. The number of β-lactam (4-membered cyclic amide) rings is 1. The Kier molecular flexibility index (Phi) is 5.35. The Balaban J connectivity index is 1.95. The molecule has 2 aliphatic rings. The summed E-state index contributed by atoms with van der Waals surface area (Å²) in [6, 6.07) is 3.27. The van der Waals surface area contributed by atoms with E-state index in [0.717, 1.165) is 4.90 Å². The number of ether oxygens (including phenoxy) is 1. The van der Waals surface area contributed by atoms with Crippen molar-refractivity contribution < 1.29 is 32.6 Å². The molecule has 1 aromatic rings. The fraction of sp³-hybridized carbons (Fsp3) is 0.444. The quantitative estimate of drug-likeness (QED) is 0.495. The van der Waals surface area contributed by atoms with Gasteiger partial charge in [-0.2, -0.15) is 0 Å². The zero-order chi connectivity index (χ0) is 21.4. The van der Waals surface area contributed by atoms with Gasteiger partial charge in [0.25, 0.3) is 5.91 Å². The van der Waals surface area contributed by atoms with Crippen molar-refractivity contribution in [1.29, 1.82) is 0 Å². The summed E-state index contributed by atoms with van der Waals surface area (Å²) in [5.74, 6) is -2.18. The van der Waals surface area contributed by atoms with Crippen molar-refractivity contribution in [2.45, 2.75) is 36.4 Å². The highest BCUT2D eigenvalue weighted by Gasteiger charge is 2.72. The summed E-state index contributed by atoms with van der Waals surface area (Å²) in [5, 5.41) is 10.7. The topological polar surface area (TPSA) is 143 Å². The SMILES string of the molecule is CCCNC(=O)OC[C@@]1(C)[C@H](C(=O)O)N2C(=O)/C(=C/c3ccccn3)[C@H]2S1(=O)=O. The van der Waals surface area contributed by atoms with Crippen molar-refractivity contribution >= 4 is 33.9 Å². The van der Waals surface area contributed by atoms with Crippen LogP contribution in [-0.2, 0) is 24.2 Å². The lowest BCUT2D eigenvalue weighted by molar-refractivity contribution is -0.153. The van der Waals surface area contributed by atoms with Crippen LogP contribution in [0.5, 0.6) is 0 Å². The molecule has 2 N–H and O–H groups in total. The van der Waals surface area contributed by atoms with Crippen molar-refractivity contribution in [2.75, 3.05) is 13.2 Å². The van der Waals surface area contributed by atoms with Crippen molar-refractivity contribution in [1.82, 2.24) is 15.2 Å². The highest BCUT2D eigenvalue weighted by Crippen LogP contribution is 2.49. The second-order valence-corrected chi connectivity index (χ2v) is 9.49. The van der Waals surface area contributed by atoms with Crippen LogP contribution in [0.1, 0.15) is 26.0 Å². The van der Waals surface area contributed by atoms with Crippen LogP contribution in [-0.4, -0.2) is 70.7 Å². The van der Waals surface area contributed by atoms with Crippen LogP contribution in [0.2, 0.25) is 0 Å². The largest absolute Gasteiger partial charge is 0.480 e. The van der Waals surface area contributed by atoms with Crippen LogP contribution in [0.15, 0.2) is 30.0 Å². The van der Waals surface area contributed by atoms with Gasteiger partial charge >= 0.3 is 12.1 Å². The second kappa shape index (κ2) is 7.47. The maximum absolute atomic E-state index is 13.2. The Labute approximate surface area is 167 Å². The first kappa shape index (κ1) is 20.8. The zero-order valence-electron chi connectivity index (χ0n) is 15.9. The van der Waals surface area contributed by atoms with Crippen molar-refractivity contribution in [3.8, 4) is 0 Å². The number of carbonyl (C=O) groups excluding carboxylic acids is 2. The number of alkyl carbamates (subject to hydrolysis) is 1. The van der Waals surface area contributed by atoms with Crippen molar-refractivity contribution in [3.63, 3.8) is 0 Å². The van der Waals surface area contributed by atoms with E-state index in [0.29, 0.717) is 18.7 Å². The molecule has 3 heterocycles. The maximum Gasteiger partial charge on any atom is 0.407 e. The number of rotatable bonds is 6. The molecule has 0 unspecified atom stereocenters. The molecule has 2 fully saturated rings. The highest BCUT2D eigenvalue weighted by molar-refractivity contribution is 7.94. The van der Waals surface area contributed by atoms with Crippen molar-refractivity contribution in [2.24, 2.45) is 0 Å². The Hall–Kier alpha value is -2.95. The van der Waals surface area contributed by atoms with Gasteiger partial charge in [-0.15, -0.1) is 0 Å². The summed E-state index contributed by atoms with van der Waals surface area (Å²) < 4.78 is 29.5. The molecule has 156 valence electrons. The number of aliphatic carboxylic acids is 1. The number of aromatic nitrogens is 1. The minimum atomic E-state index is -4.22. The third-order valence-electron chi connectivity index (χ3n) is 5.03. The van der Waals surface area contributed by atoms with Crippen LogP contribution >= 0.6 is 0 Å². The lowest BCUT2D eigenvalue weighted by Crippen LogP contribution is -2.59. The molecule has 0 aliphatic carbocycles. The van der Waals surface area contributed by atoms with E-state index < -0.39 is 50.6 Å². The molecular formula is C18H21N3O7S. The van der Waals surface area contributed by atoms with E-state index >= 15 is 0 Å². The Morgan fingerprint density at radius 3 is 2.72 bits per heavy atom. The van der Waals surface area contributed by atoms with Crippen LogP contribution in [0, 0.1) is 0 Å². The lowest BCUT2D eigenvalue weighted by Gasteiger charge is -2.37.